The highest BCUT2D eigenvalue weighted by molar-refractivity contribution is 5.74. The maximum atomic E-state index is 13.2. The van der Waals surface area contributed by atoms with E-state index >= 15 is 0 Å². The van der Waals surface area contributed by atoms with Crippen molar-refractivity contribution in [3.05, 3.63) is 42.0 Å². The van der Waals surface area contributed by atoms with Crippen LogP contribution in [-0.4, -0.2) is 28.3 Å². The molecule has 5 nitrogen and oxygen atoms in total. The van der Waals surface area contributed by atoms with Crippen molar-refractivity contribution in [3.8, 4) is 0 Å². The molecule has 1 aliphatic rings. The van der Waals surface area contributed by atoms with Gasteiger partial charge >= 0.3 is 0 Å². The van der Waals surface area contributed by atoms with Gasteiger partial charge in [-0.25, -0.2) is 4.39 Å². The number of anilines is 1. The van der Waals surface area contributed by atoms with E-state index in [9.17, 15) is 4.39 Å². The highest BCUT2D eigenvalue weighted by Gasteiger charge is 2.25. The summed E-state index contributed by atoms with van der Waals surface area (Å²) in [5.74, 6) is 0.0900. The molecule has 1 aliphatic heterocycles. The van der Waals surface area contributed by atoms with Crippen LogP contribution in [0.4, 0.5) is 10.4 Å². The van der Waals surface area contributed by atoms with Crippen LogP contribution in [0.5, 0.6) is 0 Å². The first kappa shape index (κ1) is 12.4. The average Bonchev–Trinajstić information content (AvgIpc) is 3.16. The van der Waals surface area contributed by atoms with Crippen LogP contribution < -0.4 is 4.90 Å². The number of benzene rings is 1. The molecule has 0 aliphatic carbocycles. The molecule has 0 amide bonds. The second kappa shape index (κ2) is 4.87. The van der Waals surface area contributed by atoms with E-state index < -0.39 is 0 Å². The van der Waals surface area contributed by atoms with Gasteiger partial charge in [0.05, 0.1) is 0 Å². The Morgan fingerprint density at radius 2 is 2.29 bits per heavy atom. The summed E-state index contributed by atoms with van der Waals surface area (Å²) in [5.41, 5.74) is 2.32. The molecular weight excluding hydrogens is 271 g/mol. The van der Waals surface area contributed by atoms with Crippen LogP contribution in [0.25, 0.3) is 11.1 Å². The van der Waals surface area contributed by atoms with Crippen LogP contribution in [0.1, 0.15) is 24.5 Å². The summed E-state index contributed by atoms with van der Waals surface area (Å²) in [6.07, 6.45) is 3.96. The van der Waals surface area contributed by atoms with Crippen LogP contribution >= 0.6 is 0 Å². The van der Waals surface area contributed by atoms with Gasteiger partial charge in [0.1, 0.15) is 11.3 Å². The zero-order valence-corrected chi connectivity index (χ0v) is 11.4. The maximum Gasteiger partial charge on any atom is 0.298 e. The first-order chi connectivity index (χ1) is 10.3. The molecule has 0 spiro atoms. The van der Waals surface area contributed by atoms with Gasteiger partial charge in [-0.2, -0.15) is 10.1 Å². The average molecular weight is 286 g/mol. The maximum absolute atomic E-state index is 13.2. The molecule has 0 saturated carbocycles. The highest BCUT2D eigenvalue weighted by atomic mass is 19.1. The number of rotatable bonds is 2. The number of hydrogen-bond donors (Lipinski definition) is 1. The van der Waals surface area contributed by atoms with E-state index in [1.54, 1.807) is 12.3 Å². The Hall–Kier alpha value is -2.37. The van der Waals surface area contributed by atoms with Gasteiger partial charge in [-0.15, -0.1) is 0 Å². The summed E-state index contributed by atoms with van der Waals surface area (Å²) in [7, 11) is 0. The number of nitrogens with zero attached hydrogens (tertiary/aromatic N) is 3. The smallest absolute Gasteiger partial charge is 0.298 e. The minimum Gasteiger partial charge on any atom is -0.423 e. The summed E-state index contributed by atoms with van der Waals surface area (Å²) in [6, 6.07) is 7.00. The predicted molar refractivity (Wildman–Crippen MR) is 76.7 cm³/mol. The summed E-state index contributed by atoms with van der Waals surface area (Å²) < 4.78 is 18.9. The Kier molecular flexibility index (Phi) is 2.87. The third-order valence-electron chi connectivity index (χ3n) is 3.99. The third kappa shape index (κ3) is 2.26. The summed E-state index contributed by atoms with van der Waals surface area (Å²) in [4.78, 5) is 6.58. The zero-order valence-electron chi connectivity index (χ0n) is 11.4. The molecule has 1 unspecified atom stereocenters. The fourth-order valence-electron chi connectivity index (χ4n) is 2.92. The van der Waals surface area contributed by atoms with Crippen LogP contribution in [0.3, 0.4) is 0 Å². The number of hydrogen-bond acceptors (Lipinski definition) is 4. The van der Waals surface area contributed by atoms with Crippen LogP contribution in [0.2, 0.25) is 0 Å². The van der Waals surface area contributed by atoms with E-state index in [1.165, 1.54) is 12.1 Å². The van der Waals surface area contributed by atoms with Gasteiger partial charge < -0.3 is 9.32 Å². The van der Waals surface area contributed by atoms with Gasteiger partial charge in [-0.1, -0.05) is 0 Å². The van der Waals surface area contributed by atoms with Gasteiger partial charge in [0, 0.05) is 37.0 Å². The van der Waals surface area contributed by atoms with E-state index in [2.05, 4.69) is 20.1 Å². The van der Waals surface area contributed by atoms with Gasteiger partial charge in [0.2, 0.25) is 0 Å². The van der Waals surface area contributed by atoms with Crippen molar-refractivity contribution >= 4 is 17.1 Å². The summed E-state index contributed by atoms with van der Waals surface area (Å²) in [5, 5.41) is 7.05. The van der Waals surface area contributed by atoms with Crippen molar-refractivity contribution < 1.29 is 8.81 Å². The normalized spacial score (nSPS) is 19.3. The molecule has 2 aromatic heterocycles. The molecule has 3 heterocycles. The Morgan fingerprint density at radius 3 is 3.14 bits per heavy atom. The molecule has 6 heteroatoms. The van der Waals surface area contributed by atoms with E-state index in [0.717, 1.165) is 31.6 Å². The number of piperidine rings is 1. The monoisotopic (exact) mass is 286 g/mol. The Labute approximate surface area is 120 Å². The van der Waals surface area contributed by atoms with Gasteiger partial charge in [0.25, 0.3) is 6.01 Å². The van der Waals surface area contributed by atoms with Gasteiger partial charge in [0.15, 0.2) is 5.58 Å². The van der Waals surface area contributed by atoms with Crippen molar-refractivity contribution in [3.63, 3.8) is 0 Å². The molecule has 108 valence electrons. The standard InChI is InChI=1S/C15H15FN4O/c16-11-3-4-13-14(8-11)21-15(18-13)20-7-1-2-10(9-20)12-5-6-17-19-12/h3-6,8,10H,1-2,7,9H2,(H,17,19). The molecule has 0 radical (unpaired) electrons. The van der Waals surface area contributed by atoms with Crippen LogP contribution in [-0.2, 0) is 0 Å². The van der Waals surface area contributed by atoms with Crippen LogP contribution in [0, 0.1) is 5.82 Å². The number of halogens is 1. The van der Waals surface area contributed by atoms with Crippen molar-refractivity contribution in [2.45, 2.75) is 18.8 Å². The number of H-pyrrole nitrogens is 1. The Balaban J connectivity index is 1.62. The largest absolute Gasteiger partial charge is 0.423 e. The van der Waals surface area contributed by atoms with Gasteiger partial charge in [-0.05, 0) is 31.0 Å². The predicted octanol–water partition coefficient (Wildman–Crippen LogP) is 3.07. The molecule has 1 N–H and O–H groups in total. The van der Waals surface area contributed by atoms with E-state index in [4.69, 9.17) is 4.42 Å². The van der Waals surface area contributed by atoms with E-state index in [1.807, 2.05) is 6.07 Å². The number of aromatic nitrogens is 3. The molecule has 1 saturated heterocycles. The molecule has 3 aromatic rings. The van der Waals surface area contributed by atoms with E-state index in [-0.39, 0.29) is 5.82 Å². The summed E-state index contributed by atoms with van der Waals surface area (Å²) in [6.45, 7) is 1.73. The SMILES string of the molecule is Fc1ccc2nc(N3CCCC(c4ccn[nH]4)C3)oc2c1. The second-order valence-corrected chi connectivity index (χ2v) is 5.41. The first-order valence-corrected chi connectivity index (χ1v) is 7.10. The number of oxazole rings is 1. The molecular formula is C15H15FN4O. The van der Waals surface area contributed by atoms with Gasteiger partial charge in [-0.3, -0.25) is 5.10 Å². The lowest BCUT2D eigenvalue weighted by Crippen LogP contribution is -2.34. The highest BCUT2D eigenvalue weighted by Crippen LogP contribution is 2.30. The second-order valence-electron chi connectivity index (χ2n) is 5.41. The minimum atomic E-state index is -0.306. The van der Waals surface area contributed by atoms with Crippen molar-refractivity contribution in [2.75, 3.05) is 18.0 Å². The van der Waals surface area contributed by atoms with E-state index in [0.29, 0.717) is 23.0 Å². The number of nitrogens with one attached hydrogen (secondary N) is 1. The first-order valence-electron chi connectivity index (χ1n) is 7.10. The lowest BCUT2D eigenvalue weighted by atomic mass is 9.95. The summed E-state index contributed by atoms with van der Waals surface area (Å²) >= 11 is 0. The number of fused-ring (bicyclic) bond motifs is 1. The van der Waals surface area contributed by atoms with Crippen molar-refractivity contribution in [2.24, 2.45) is 0 Å². The van der Waals surface area contributed by atoms with Crippen molar-refractivity contribution in [1.29, 1.82) is 0 Å². The molecule has 21 heavy (non-hydrogen) atoms. The fourth-order valence-corrected chi connectivity index (χ4v) is 2.92. The molecule has 4 rings (SSSR count). The Bertz CT molecular complexity index is 752. The third-order valence-corrected chi connectivity index (χ3v) is 3.99. The quantitative estimate of drug-likeness (QED) is 0.786. The Morgan fingerprint density at radius 1 is 1.33 bits per heavy atom. The lowest BCUT2D eigenvalue weighted by molar-refractivity contribution is 0.463. The van der Waals surface area contributed by atoms with Crippen molar-refractivity contribution in [1.82, 2.24) is 15.2 Å². The number of aromatic amines is 1. The lowest BCUT2D eigenvalue weighted by Gasteiger charge is -2.30. The van der Waals surface area contributed by atoms with Crippen LogP contribution in [0.15, 0.2) is 34.9 Å². The molecule has 1 atom stereocenters. The molecule has 1 fully saturated rings. The fraction of sp³-hybridized carbons (Fsp3) is 0.333. The molecule has 1 aromatic carbocycles. The zero-order chi connectivity index (χ0) is 14.2. The minimum absolute atomic E-state index is 0.306. The molecule has 0 bridgehead atoms. The topological polar surface area (TPSA) is 58.0 Å².